The van der Waals surface area contributed by atoms with Crippen LogP contribution < -0.4 is 0 Å². The van der Waals surface area contributed by atoms with Gasteiger partial charge in [0.15, 0.2) is 0 Å². The number of hydrogen-bond acceptors (Lipinski definition) is 2. The summed E-state index contributed by atoms with van der Waals surface area (Å²) in [5.41, 5.74) is 0. The van der Waals surface area contributed by atoms with Crippen LogP contribution >= 0.6 is 0 Å². The Balaban J connectivity index is 3.09. The van der Waals surface area contributed by atoms with Crippen molar-refractivity contribution in [3.63, 3.8) is 0 Å². The van der Waals surface area contributed by atoms with Gasteiger partial charge >= 0.3 is 0 Å². The van der Waals surface area contributed by atoms with Crippen molar-refractivity contribution in [1.82, 2.24) is 0 Å². The molecular formula is C18H36O2. The Morgan fingerprint density at radius 3 is 1.80 bits per heavy atom. The van der Waals surface area contributed by atoms with E-state index in [-0.39, 0.29) is 6.61 Å². The van der Waals surface area contributed by atoms with Gasteiger partial charge in [0.25, 0.3) is 0 Å². The number of rotatable bonds is 15. The van der Waals surface area contributed by atoms with Crippen LogP contribution in [0.2, 0.25) is 0 Å². The molecule has 0 fully saturated rings. The fourth-order valence-corrected chi connectivity index (χ4v) is 2.41. The molecule has 0 aromatic heterocycles. The second kappa shape index (κ2) is 16.7. The van der Waals surface area contributed by atoms with E-state index >= 15 is 0 Å². The van der Waals surface area contributed by atoms with Gasteiger partial charge in [0.1, 0.15) is 0 Å². The van der Waals surface area contributed by atoms with Gasteiger partial charge < -0.3 is 10.2 Å². The molecule has 2 N–H and O–H groups in total. The van der Waals surface area contributed by atoms with Crippen LogP contribution in [0.1, 0.15) is 90.4 Å². The lowest BCUT2D eigenvalue weighted by Crippen LogP contribution is -2.03. The monoisotopic (exact) mass is 284 g/mol. The van der Waals surface area contributed by atoms with Gasteiger partial charge in [-0.1, -0.05) is 83.3 Å². The van der Waals surface area contributed by atoms with E-state index in [0.29, 0.717) is 6.42 Å². The lowest BCUT2D eigenvalue weighted by molar-refractivity contribution is 0.170. The Hall–Kier alpha value is -0.340. The zero-order valence-corrected chi connectivity index (χ0v) is 13.5. The van der Waals surface area contributed by atoms with E-state index in [1.54, 1.807) is 0 Å². The molecule has 20 heavy (non-hydrogen) atoms. The maximum atomic E-state index is 9.38. The molecule has 0 bridgehead atoms. The average molecular weight is 284 g/mol. The lowest BCUT2D eigenvalue weighted by Gasteiger charge is -2.02. The summed E-state index contributed by atoms with van der Waals surface area (Å²) in [5.74, 6) is 0. The summed E-state index contributed by atoms with van der Waals surface area (Å²) in [6.45, 7) is 2.33. The molecule has 0 amide bonds. The number of allylic oxidation sites excluding steroid dienone is 1. The number of hydrogen-bond donors (Lipinski definition) is 2. The van der Waals surface area contributed by atoms with Crippen LogP contribution in [0, 0.1) is 0 Å². The second-order valence-corrected chi connectivity index (χ2v) is 5.83. The number of aliphatic hydroxyl groups is 2. The minimum atomic E-state index is -0.465. The maximum absolute atomic E-state index is 9.38. The van der Waals surface area contributed by atoms with Crippen molar-refractivity contribution >= 4 is 0 Å². The molecule has 2 heteroatoms. The minimum Gasteiger partial charge on any atom is -0.396 e. The number of unbranched alkanes of at least 4 members (excludes halogenated alkanes) is 11. The Bertz CT molecular complexity index is 202. The summed E-state index contributed by atoms with van der Waals surface area (Å²) in [6, 6.07) is 0. The van der Waals surface area contributed by atoms with E-state index in [1.165, 1.54) is 70.6 Å². The van der Waals surface area contributed by atoms with E-state index < -0.39 is 6.10 Å². The highest BCUT2D eigenvalue weighted by Gasteiger charge is 1.96. The van der Waals surface area contributed by atoms with Gasteiger partial charge in [0.05, 0.1) is 6.10 Å². The Morgan fingerprint density at radius 1 is 0.800 bits per heavy atom. The molecule has 1 unspecified atom stereocenters. The van der Waals surface area contributed by atoms with Crippen LogP contribution in [0.3, 0.4) is 0 Å². The Labute approximate surface area is 126 Å². The molecular weight excluding hydrogens is 248 g/mol. The molecule has 0 aliphatic heterocycles. The van der Waals surface area contributed by atoms with E-state index in [2.05, 4.69) is 6.92 Å². The van der Waals surface area contributed by atoms with Gasteiger partial charge in [-0.15, -0.1) is 0 Å². The molecule has 0 rings (SSSR count). The third-order valence-electron chi connectivity index (χ3n) is 3.76. The first-order valence-corrected chi connectivity index (χ1v) is 8.76. The molecule has 0 aromatic carbocycles. The highest BCUT2D eigenvalue weighted by Crippen LogP contribution is 2.12. The molecule has 0 saturated heterocycles. The quantitative estimate of drug-likeness (QED) is 0.328. The molecule has 0 aliphatic carbocycles. The van der Waals surface area contributed by atoms with E-state index in [4.69, 9.17) is 5.11 Å². The molecule has 0 radical (unpaired) electrons. The topological polar surface area (TPSA) is 40.5 Å². The highest BCUT2D eigenvalue weighted by atomic mass is 16.3. The van der Waals surface area contributed by atoms with Gasteiger partial charge in [0, 0.05) is 6.61 Å². The largest absolute Gasteiger partial charge is 0.396 e. The highest BCUT2D eigenvalue weighted by molar-refractivity contribution is 4.88. The molecule has 0 spiro atoms. The summed E-state index contributed by atoms with van der Waals surface area (Å²) in [6.07, 6.45) is 20.0. The van der Waals surface area contributed by atoms with Crippen molar-refractivity contribution < 1.29 is 10.2 Å². The third kappa shape index (κ3) is 15.7. The maximum Gasteiger partial charge on any atom is 0.0742 e. The Kier molecular flexibility index (Phi) is 16.4. The van der Waals surface area contributed by atoms with Crippen LogP contribution in [-0.4, -0.2) is 22.9 Å². The second-order valence-electron chi connectivity index (χ2n) is 5.83. The summed E-state index contributed by atoms with van der Waals surface area (Å²) in [4.78, 5) is 0. The van der Waals surface area contributed by atoms with E-state index in [9.17, 15) is 5.11 Å². The van der Waals surface area contributed by atoms with Gasteiger partial charge in [-0.05, 0) is 19.3 Å². The lowest BCUT2D eigenvalue weighted by atomic mass is 10.1. The first-order valence-electron chi connectivity index (χ1n) is 8.76. The van der Waals surface area contributed by atoms with Gasteiger partial charge in [-0.25, -0.2) is 0 Å². The molecule has 0 heterocycles. The molecule has 0 aromatic rings. The molecule has 120 valence electrons. The zero-order chi connectivity index (χ0) is 14.9. The van der Waals surface area contributed by atoms with Crippen molar-refractivity contribution in [3.05, 3.63) is 12.2 Å². The van der Waals surface area contributed by atoms with Crippen molar-refractivity contribution in [3.8, 4) is 0 Å². The first kappa shape index (κ1) is 19.7. The van der Waals surface area contributed by atoms with Crippen LogP contribution in [0.15, 0.2) is 12.2 Å². The van der Waals surface area contributed by atoms with E-state index in [0.717, 1.165) is 6.42 Å². The Morgan fingerprint density at radius 2 is 1.30 bits per heavy atom. The van der Waals surface area contributed by atoms with Crippen LogP contribution in [0.25, 0.3) is 0 Å². The smallest absolute Gasteiger partial charge is 0.0742 e. The number of aliphatic hydroxyl groups excluding tert-OH is 2. The van der Waals surface area contributed by atoms with Crippen LogP contribution in [-0.2, 0) is 0 Å². The summed E-state index contributed by atoms with van der Waals surface area (Å²) in [5, 5.41) is 18.0. The van der Waals surface area contributed by atoms with Crippen LogP contribution in [0.5, 0.6) is 0 Å². The van der Waals surface area contributed by atoms with Gasteiger partial charge in [-0.3, -0.25) is 0 Å². The summed E-state index contributed by atoms with van der Waals surface area (Å²) in [7, 11) is 0. The predicted molar refractivity (Wildman–Crippen MR) is 87.9 cm³/mol. The fourth-order valence-electron chi connectivity index (χ4n) is 2.41. The van der Waals surface area contributed by atoms with Crippen molar-refractivity contribution in [1.29, 1.82) is 0 Å². The van der Waals surface area contributed by atoms with Crippen molar-refractivity contribution in [2.24, 2.45) is 0 Å². The zero-order valence-electron chi connectivity index (χ0n) is 13.5. The predicted octanol–water partition coefficient (Wildman–Crippen LogP) is 4.99. The summed E-state index contributed by atoms with van der Waals surface area (Å²) < 4.78 is 0. The van der Waals surface area contributed by atoms with Gasteiger partial charge in [0.2, 0.25) is 0 Å². The van der Waals surface area contributed by atoms with Gasteiger partial charge in [-0.2, -0.15) is 0 Å². The molecule has 0 saturated carbocycles. The molecule has 1 atom stereocenters. The SMILES string of the molecule is CCCCCCCCCCCCC/C=C/C(O)CCO. The normalized spacial score (nSPS) is 13.2. The van der Waals surface area contributed by atoms with Crippen molar-refractivity contribution in [2.75, 3.05) is 6.61 Å². The standard InChI is InChI=1S/C18H36O2/c1-2-3-4-5-6-7-8-9-10-11-12-13-14-15-18(20)16-17-19/h14-15,18-20H,2-13,16-17H2,1H3/b15-14+. The summed E-state index contributed by atoms with van der Waals surface area (Å²) >= 11 is 0. The fraction of sp³-hybridized carbons (Fsp3) is 0.889. The minimum absolute atomic E-state index is 0.0595. The molecule has 2 nitrogen and oxygen atoms in total. The van der Waals surface area contributed by atoms with Crippen molar-refractivity contribution in [2.45, 2.75) is 96.5 Å². The molecule has 0 aliphatic rings. The third-order valence-corrected chi connectivity index (χ3v) is 3.76. The van der Waals surface area contributed by atoms with Crippen LogP contribution in [0.4, 0.5) is 0 Å². The van der Waals surface area contributed by atoms with E-state index in [1.807, 2.05) is 12.2 Å². The first-order chi connectivity index (χ1) is 9.81. The average Bonchev–Trinajstić information content (AvgIpc) is 2.44.